The highest BCUT2D eigenvalue weighted by molar-refractivity contribution is 5.98. The van der Waals surface area contributed by atoms with Crippen molar-refractivity contribution < 1.29 is 0 Å². The zero-order valence-corrected chi connectivity index (χ0v) is 11.3. The number of pyridine rings is 1. The smallest absolute Gasteiger partial charge is 0.143 e. The minimum atomic E-state index is 0.0299. The number of amidine groups is 1. The number of rotatable bonds is 2. The lowest BCUT2D eigenvalue weighted by Crippen LogP contribution is -2.58. The summed E-state index contributed by atoms with van der Waals surface area (Å²) < 4.78 is 0. The minimum Gasteiger partial charge on any atom is -0.382 e. The Morgan fingerprint density at radius 1 is 1.44 bits per heavy atom. The predicted molar refractivity (Wildman–Crippen MR) is 74.2 cm³/mol. The standard InChI is InChI=1S/C13H21N5/c1-13(2)9-18(8-7-17(13)3)10-5-4-6-16-11(10)12(14)15/h4-6H,7-9H2,1-3H3,(H3,14,15). The van der Waals surface area contributed by atoms with Crippen LogP contribution in [0.4, 0.5) is 5.69 Å². The maximum Gasteiger partial charge on any atom is 0.143 e. The number of hydrogen-bond acceptors (Lipinski definition) is 4. The van der Waals surface area contributed by atoms with Gasteiger partial charge in [-0.2, -0.15) is 0 Å². The van der Waals surface area contributed by atoms with E-state index in [2.05, 4.69) is 35.7 Å². The van der Waals surface area contributed by atoms with Gasteiger partial charge in [0.05, 0.1) is 5.69 Å². The average molecular weight is 247 g/mol. The Bertz CT molecular complexity index is 454. The molecule has 0 atom stereocenters. The van der Waals surface area contributed by atoms with Gasteiger partial charge < -0.3 is 10.6 Å². The van der Waals surface area contributed by atoms with Crippen LogP contribution in [0.15, 0.2) is 18.3 Å². The van der Waals surface area contributed by atoms with Crippen molar-refractivity contribution in [1.29, 1.82) is 5.41 Å². The molecule has 0 saturated carbocycles. The molecule has 0 aromatic carbocycles. The van der Waals surface area contributed by atoms with Crippen molar-refractivity contribution in [3.05, 3.63) is 24.0 Å². The molecule has 1 aliphatic rings. The fourth-order valence-corrected chi connectivity index (χ4v) is 2.31. The maximum atomic E-state index is 7.61. The number of nitrogens with zero attached hydrogens (tertiary/aromatic N) is 3. The Balaban J connectivity index is 2.30. The van der Waals surface area contributed by atoms with Gasteiger partial charge in [-0.1, -0.05) is 0 Å². The largest absolute Gasteiger partial charge is 0.382 e. The lowest BCUT2D eigenvalue weighted by Gasteiger charge is -2.46. The van der Waals surface area contributed by atoms with E-state index in [-0.39, 0.29) is 11.4 Å². The first kappa shape index (κ1) is 12.8. The number of aromatic nitrogens is 1. The Morgan fingerprint density at radius 3 is 2.78 bits per heavy atom. The second-order valence-corrected chi connectivity index (χ2v) is 5.44. The van der Waals surface area contributed by atoms with E-state index >= 15 is 0 Å². The first-order valence-electron chi connectivity index (χ1n) is 6.17. The Hall–Kier alpha value is -1.62. The van der Waals surface area contributed by atoms with Crippen LogP contribution in [0.5, 0.6) is 0 Å². The second kappa shape index (κ2) is 4.57. The van der Waals surface area contributed by atoms with Crippen molar-refractivity contribution in [3.8, 4) is 0 Å². The summed E-state index contributed by atoms with van der Waals surface area (Å²) in [5, 5.41) is 7.61. The number of nitrogen functional groups attached to an aromatic ring is 1. The molecule has 1 aliphatic heterocycles. The van der Waals surface area contributed by atoms with Gasteiger partial charge in [0, 0.05) is 31.4 Å². The molecule has 2 heterocycles. The Morgan fingerprint density at radius 2 is 2.17 bits per heavy atom. The molecule has 18 heavy (non-hydrogen) atoms. The highest BCUT2D eigenvalue weighted by atomic mass is 15.3. The van der Waals surface area contributed by atoms with E-state index in [1.807, 2.05) is 12.1 Å². The van der Waals surface area contributed by atoms with Crippen molar-refractivity contribution in [3.63, 3.8) is 0 Å². The summed E-state index contributed by atoms with van der Waals surface area (Å²) in [7, 11) is 2.15. The van der Waals surface area contributed by atoms with Crippen LogP contribution in [0.3, 0.4) is 0 Å². The molecule has 98 valence electrons. The summed E-state index contributed by atoms with van der Waals surface area (Å²) in [6.07, 6.45) is 1.68. The first-order chi connectivity index (χ1) is 8.42. The Kier molecular flexibility index (Phi) is 3.26. The molecule has 0 unspecified atom stereocenters. The third kappa shape index (κ3) is 2.31. The number of nitrogens with one attached hydrogen (secondary N) is 1. The van der Waals surface area contributed by atoms with Crippen molar-refractivity contribution in [2.45, 2.75) is 19.4 Å². The van der Waals surface area contributed by atoms with E-state index < -0.39 is 0 Å². The van der Waals surface area contributed by atoms with Crippen LogP contribution < -0.4 is 10.6 Å². The van der Waals surface area contributed by atoms with Crippen molar-refractivity contribution in [2.24, 2.45) is 5.73 Å². The summed E-state index contributed by atoms with van der Waals surface area (Å²) in [5.41, 5.74) is 7.26. The fourth-order valence-electron chi connectivity index (χ4n) is 2.31. The number of nitrogens with two attached hydrogens (primary N) is 1. The molecule has 0 aliphatic carbocycles. The fraction of sp³-hybridized carbons (Fsp3) is 0.538. The van der Waals surface area contributed by atoms with Crippen LogP contribution in [0.1, 0.15) is 19.5 Å². The van der Waals surface area contributed by atoms with E-state index in [4.69, 9.17) is 11.1 Å². The van der Waals surface area contributed by atoms with Gasteiger partial charge in [-0.3, -0.25) is 15.3 Å². The van der Waals surface area contributed by atoms with E-state index in [1.54, 1.807) is 6.20 Å². The van der Waals surface area contributed by atoms with Crippen LogP contribution in [-0.4, -0.2) is 47.9 Å². The van der Waals surface area contributed by atoms with Gasteiger partial charge in [0.2, 0.25) is 0 Å². The van der Waals surface area contributed by atoms with E-state index in [1.165, 1.54) is 0 Å². The molecular formula is C13H21N5. The highest BCUT2D eigenvalue weighted by Crippen LogP contribution is 2.25. The molecule has 5 nitrogen and oxygen atoms in total. The lowest BCUT2D eigenvalue weighted by atomic mass is 9.99. The van der Waals surface area contributed by atoms with Crippen LogP contribution in [0.2, 0.25) is 0 Å². The zero-order chi connectivity index (χ0) is 13.3. The van der Waals surface area contributed by atoms with Gasteiger partial charge >= 0.3 is 0 Å². The molecule has 2 rings (SSSR count). The molecule has 0 radical (unpaired) electrons. The molecule has 0 bridgehead atoms. The van der Waals surface area contributed by atoms with Crippen LogP contribution >= 0.6 is 0 Å². The molecule has 0 amide bonds. The summed E-state index contributed by atoms with van der Waals surface area (Å²) in [6.45, 7) is 7.30. The number of hydrogen-bond donors (Lipinski definition) is 2. The van der Waals surface area contributed by atoms with Crippen LogP contribution in [0.25, 0.3) is 0 Å². The van der Waals surface area contributed by atoms with Crippen molar-refractivity contribution in [1.82, 2.24) is 9.88 Å². The number of anilines is 1. The summed E-state index contributed by atoms with van der Waals surface area (Å²) >= 11 is 0. The maximum absolute atomic E-state index is 7.61. The molecule has 0 spiro atoms. The highest BCUT2D eigenvalue weighted by Gasteiger charge is 2.32. The van der Waals surface area contributed by atoms with Gasteiger partial charge in [0.1, 0.15) is 11.5 Å². The topological polar surface area (TPSA) is 69.2 Å². The normalized spacial score (nSPS) is 19.8. The average Bonchev–Trinajstić information content (AvgIpc) is 2.32. The third-order valence-corrected chi connectivity index (χ3v) is 3.70. The van der Waals surface area contributed by atoms with Gasteiger partial charge in [0.25, 0.3) is 0 Å². The van der Waals surface area contributed by atoms with E-state index in [9.17, 15) is 0 Å². The molecular weight excluding hydrogens is 226 g/mol. The molecule has 1 fully saturated rings. The SMILES string of the molecule is CN1CCN(c2cccnc2C(=N)N)CC1(C)C. The second-order valence-electron chi connectivity index (χ2n) is 5.44. The van der Waals surface area contributed by atoms with Gasteiger partial charge in [0.15, 0.2) is 0 Å². The quantitative estimate of drug-likeness (QED) is 0.601. The molecule has 1 aromatic heterocycles. The monoisotopic (exact) mass is 247 g/mol. The molecule has 1 aromatic rings. The van der Waals surface area contributed by atoms with Crippen LogP contribution in [-0.2, 0) is 0 Å². The van der Waals surface area contributed by atoms with E-state index in [0.717, 1.165) is 25.3 Å². The third-order valence-electron chi connectivity index (χ3n) is 3.70. The minimum absolute atomic E-state index is 0.0299. The zero-order valence-electron chi connectivity index (χ0n) is 11.3. The van der Waals surface area contributed by atoms with Crippen LogP contribution in [0, 0.1) is 5.41 Å². The lowest BCUT2D eigenvalue weighted by molar-refractivity contribution is 0.139. The molecule has 3 N–H and O–H groups in total. The molecule has 5 heteroatoms. The van der Waals surface area contributed by atoms with Gasteiger partial charge in [-0.15, -0.1) is 0 Å². The number of likely N-dealkylation sites (N-methyl/N-ethyl adjacent to an activating group) is 1. The van der Waals surface area contributed by atoms with Gasteiger partial charge in [-0.25, -0.2) is 0 Å². The Labute approximate surface area is 108 Å². The molecule has 1 saturated heterocycles. The first-order valence-corrected chi connectivity index (χ1v) is 6.17. The van der Waals surface area contributed by atoms with Crippen molar-refractivity contribution in [2.75, 3.05) is 31.6 Å². The number of piperazine rings is 1. The predicted octanol–water partition coefficient (Wildman–Crippen LogP) is 0.896. The van der Waals surface area contributed by atoms with Gasteiger partial charge in [-0.05, 0) is 33.0 Å². The summed E-state index contributed by atoms with van der Waals surface area (Å²) in [6, 6.07) is 3.89. The summed E-state index contributed by atoms with van der Waals surface area (Å²) in [4.78, 5) is 8.84. The van der Waals surface area contributed by atoms with Crippen molar-refractivity contribution >= 4 is 11.5 Å². The summed E-state index contributed by atoms with van der Waals surface area (Å²) in [5.74, 6) is 0.0299. The van der Waals surface area contributed by atoms with E-state index in [0.29, 0.717) is 5.69 Å².